The summed E-state index contributed by atoms with van der Waals surface area (Å²) in [6.07, 6.45) is -0.506. The van der Waals surface area contributed by atoms with E-state index in [9.17, 15) is 9.59 Å². The van der Waals surface area contributed by atoms with E-state index in [1.807, 2.05) is 0 Å². The first-order valence-electron chi connectivity index (χ1n) is 6.16. The maximum Gasteiger partial charge on any atom is 0.334 e. The second-order valence-electron chi connectivity index (χ2n) is 3.93. The molecule has 18 heavy (non-hydrogen) atoms. The second kappa shape index (κ2) is 9.67. The molecule has 0 unspecified atom stereocenters. The summed E-state index contributed by atoms with van der Waals surface area (Å²) in [7, 11) is 0. The minimum Gasteiger partial charge on any atom is -0.479 e. The first kappa shape index (κ1) is 16.7. The van der Waals surface area contributed by atoms with Crippen molar-refractivity contribution in [2.24, 2.45) is 0 Å². The highest BCUT2D eigenvalue weighted by atomic mass is 16.4. The maximum absolute atomic E-state index is 11.3. The fraction of sp³-hybridized carbons (Fsp3) is 0.818. The topological polar surface area (TPSA) is 102 Å². The highest BCUT2D eigenvalue weighted by molar-refractivity contribution is 5.76. The number of hydrogen-bond donors (Lipinski definition) is 4. The molecule has 0 rings (SSSR count). The second-order valence-corrected chi connectivity index (χ2v) is 3.93. The molecule has 2 amide bonds. The van der Waals surface area contributed by atoms with Crippen LogP contribution in [0.3, 0.4) is 0 Å². The number of nitrogens with one attached hydrogen (secondary N) is 2. The van der Waals surface area contributed by atoms with Crippen molar-refractivity contribution in [3.05, 3.63) is 0 Å². The fourth-order valence-electron chi connectivity index (χ4n) is 1.41. The minimum atomic E-state index is -1.57. The highest BCUT2D eigenvalue weighted by Crippen LogP contribution is 1.89. The molecule has 0 aliphatic heterocycles. The van der Waals surface area contributed by atoms with E-state index in [0.717, 1.165) is 26.1 Å². The van der Waals surface area contributed by atoms with Gasteiger partial charge in [0.15, 0.2) is 6.10 Å². The van der Waals surface area contributed by atoms with Crippen molar-refractivity contribution < 1.29 is 19.8 Å². The van der Waals surface area contributed by atoms with Crippen LogP contribution in [0.25, 0.3) is 0 Å². The van der Waals surface area contributed by atoms with E-state index in [-0.39, 0.29) is 6.54 Å². The predicted octanol–water partition coefficient (Wildman–Crippen LogP) is -0.537. The smallest absolute Gasteiger partial charge is 0.334 e. The lowest BCUT2D eigenvalue weighted by atomic mass is 10.3. The van der Waals surface area contributed by atoms with Crippen LogP contribution in [0.2, 0.25) is 0 Å². The molecule has 0 bridgehead atoms. The Bertz CT molecular complexity index is 261. The van der Waals surface area contributed by atoms with Crippen LogP contribution in [0.5, 0.6) is 0 Å². The molecule has 0 spiro atoms. The van der Waals surface area contributed by atoms with Gasteiger partial charge in [0, 0.05) is 13.1 Å². The molecule has 7 nitrogen and oxygen atoms in total. The molecule has 0 heterocycles. The Kier molecular flexibility index (Phi) is 8.95. The third-order valence-corrected chi connectivity index (χ3v) is 2.44. The summed E-state index contributed by atoms with van der Waals surface area (Å²) >= 11 is 0. The maximum atomic E-state index is 11.3. The van der Waals surface area contributed by atoms with Gasteiger partial charge in [-0.1, -0.05) is 13.8 Å². The monoisotopic (exact) mass is 261 g/mol. The Morgan fingerprint density at radius 3 is 2.39 bits per heavy atom. The summed E-state index contributed by atoms with van der Waals surface area (Å²) in [4.78, 5) is 23.8. The van der Waals surface area contributed by atoms with Crippen LogP contribution in [0.15, 0.2) is 0 Å². The van der Waals surface area contributed by atoms with Gasteiger partial charge in [-0.15, -0.1) is 0 Å². The van der Waals surface area contributed by atoms with E-state index in [0.29, 0.717) is 6.54 Å². The number of urea groups is 1. The summed E-state index contributed by atoms with van der Waals surface area (Å²) < 4.78 is 0. The van der Waals surface area contributed by atoms with Crippen LogP contribution in [0.4, 0.5) is 4.79 Å². The van der Waals surface area contributed by atoms with Crippen LogP contribution in [-0.2, 0) is 4.79 Å². The molecule has 106 valence electrons. The number of carboxylic acid groups (broad SMARTS) is 1. The summed E-state index contributed by atoms with van der Waals surface area (Å²) in [5, 5.41) is 22.2. The van der Waals surface area contributed by atoms with Gasteiger partial charge in [0.05, 0.1) is 6.54 Å². The van der Waals surface area contributed by atoms with Gasteiger partial charge in [-0.25, -0.2) is 9.59 Å². The number of carbonyl (C=O) groups is 2. The molecule has 0 aromatic heterocycles. The van der Waals surface area contributed by atoms with Crippen molar-refractivity contribution in [2.45, 2.75) is 26.4 Å². The van der Waals surface area contributed by atoms with E-state index in [2.05, 4.69) is 29.4 Å². The standard InChI is InChI=1S/C11H23N3O4/c1-3-6-14(4-2)7-5-12-11(18)13-8-9(15)10(16)17/h9,15H,3-8H2,1-2H3,(H,16,17)(H2,12,13,18)/t9-/m0/s1. The zero-order valence-corrected chi connectivity index (χ0v) is 11.0. The number of amides is 2. The minimum absolute atomic E-state index is 0.298. The van der Waals surface area contributed by atoms with Gasteiger partial charge in [-0.05, 0) is 19.5 Å². The van der Waals surface area contributed by atoms with Gasteiger partial charge in [0.25, 0.3) is 0 Å². The molecule has 7 heteroatoms. The fourth-order valence-corrected chi connectivity index (χ4v) is 1.41. The highest BCUT2D eigenvalue weighted by Gasteiger charge is 2.13. The first-order valence-corrected chi connectivity index (χ1v) is 6.16. The number of carbonyl (C=O) groups excluding carboxylic acids is 1. The van der Waals surface area contributed by atoms with Crippen molar-refractivity contribution in [1.82, 2.24) is 15.5 Å². The van der Waals surface area contributed by atoms with E-state index >= 15 is 0 Å². The quantitative estimate of drug-likeness (QED) is 0.446. The number of hydrogen-bond acceptors (Lipinski definition) is 4. The van der Waals surface area contributed by atoms with Crippen molar-refractivity contribution in [2.75, 3.05) is 32.7 Å². The number of aliphatic hydroxyl groups is 1. The SMILES string of the molecule is CCCN(CC)CCNC(=O)NC[C@H](O)C(=O)O. The molecule has 0 aromatic rings. The zero-order valence-electron chi connectivity index (χ0n) is 11.0. The van der Waals surface area contributed by atoms with Crippen LogP contribution in [-0.4, -0.2) is 65.9 Å². The van der Waals surface area contributed by atoms with Crippen LogP contribution in [0.1, 0.15) is 20.3 Å². The Morgan fingerprint density at radius 1 is 1.22 bits per heavy atom. The van der Waals surface area contributed by atoms with Crippen LogP contribution < -0.4 is 10.6 Å². The molecule has 4 N–H and O–H groups in total. The summed E-state index contributed by atoms with van der Waals surface area (Å²) in [5.74, 6) is -1.35. The average Bonchev–Trinajstić information content (AvgIpc) is 2.34. The largest absolute Gasteiger partial charge is 0.479 e. The molecule has 0 aromatic carbocycles. The third kappa shape index (κ3) is 7.86. The molecule has 0 radical (unpaired) electrons. The van der Waals surface area contributed by atoms with Gasteiger partial charge >= 0.3 is 12.0 Å². The van der Waals surface area contributed by atoms with Gasteiger partial charge in [0.2, 0.25) is 0 Å². The number of nitrogens with zero attached hydrogens (tertiary/aromatic N) is 1. The number of carboxylic acids is 1. The molecule has 0 aliphatic carbocycles. The number of rotatable bonds is 9. The van der Waals surface area contributed by atoms with Crippen molar-refractivity contribution >= 4 is 12.0 Å². The Hall–Kier alpha value is -1.34. The molecular formula is C11H23N3O4. The number of aliphatic hydroxyl groups excluding tert-OH is 1. The third-order valence-electron chi connectivity index (χ3n) is 2.44. The molecule has 0 saturated heterocycles. The molecular weight excluding hydrogens is 238 g/mol. The van der Waals surface area contributed by atoms with Crippen molar-refractivity contribution in [1.29, 1.82) is 0 Å². The van der Waals surface area contributed by atoms with E-state index in [1.54, 1.807) is 0 Å². The number of likely N-dealkylation sites (N-methyl/N-ethyl adjacent to an activating group) is 1. The van der Waals surface area contributed by atoms with E-state index in [4.69, 9.17) is 10.2 Å². The van der Waals surface area contributed by atoms with Gasteiger partial charge in [-0.3, -0.25) is 0 Å². The van der Waals surface area contributed by atoms with Crippen LogP contribution >= 0.6 is 0 Å². The predicted molar refractivity (Wildman–Crippen MR) is 67.4 cm³/mol. The van der Waals surface area contributed by atoms with E-state index in [1.165, 1.54) is 0 Å². The van der Waals surface area contributed by atoms with Gasteiger partial charge < -0.3 is 25.7 Å². The normalized spacial score (nSPS) is 12.2. The lowest BCUT2D eigenvalue weighted by molar-refractivity contribution is -0.146. The van der Waals surface area contributed by atoms with E-state index < -0.39 is 18.1 Å². The van der Waals surface area contributed by atoms with Gasteiger partial charge in [-0.2, -0.15) is 0 Å². The lowest BCUT2D eigenvalue weighted by Gasteiger charge is -2.19. The first-order chi connectivity index (χ1) is 8.51. The van der Waals surface area contributed by atoms with Crippen molar-refractivity contribution in [3.8, 4) is 0 Å². The Morgan fingerprint density at radius 2 is 1.89 bits per heavy atom. The Labute approximate surface area is 107 Å². The lowest BCUT2D eigenvalue weighted by Crippen LogP contribution is -2.44. The molecule has 0 aliphatic rings. The zero-order chi connectivity index (χ0) is 14.0. The van der Waals surface area contributed by atoms with Crippen molar-refractivity contribution in [3.63, 3.8) is 0 Å². The molecule has 1 atom stereocenters. The number of aliphatic carboxylic acids is 1. The van der Waals surface area contributed by atoms with Crippen LogP contribution in [0, 0.1) is 0 Å². The Balaban J connectivity index is 3.67. The average molecular weight is 261 g/mol. The van der Waals surface area contributed by atoms with Gasteiger partial charge in [0.1, 0.15) is 0 Å². The molecule has 0 saturated carbocycles. The summed E-state index contributed by atoms with van der Waals surface area (Å²) in [6, 6.07) is -0.470. The summed E-state index contributed by atoms with van der Waals surface area (Å²) in [5.41, 5.74) is 0. The molecule has 0 fully saturated rings. The summed E-state index contributed by atoms with van der Waals surface area (Å²) in [6.45, 7) is 7.00.